The average Bonchev–Trinajstić information content (AvgIpc) is 2.72. The summed E-state index contributed by atoms with van der Waals surface area (Å²) in [5.41, 5.74) is 0.475. The van der Waals surface area contributed by atoms with Crippen molar-refractivity contribution in [1.29, 1.82) is 0 Å². The molecule has 0 amide bonds. The van der Waals surface area contributed by atoms with Crippen molar-refractivity contribution in [3.63, 3.8) is 0 Å². The fourth-order valence-electron chi connectivity index (χ4n) is 3.57. The summed E-state index contributed by atoms with van der Waals surface area (Å²) in [6.07, 6.45) is -1.87. The Kier molecular flexibility index (Phi) is 5.15. The number of aromatic nitrogens is 2. The highest BCUT2D eigenvalue weighted by molar-refractivity contribution is 7.88. The van der Waals surface area contributed by atoms with Crippen molar-refractivity contribution in [3.05, 3.63) is 54.4 Å². The number of hydrogen-bond donors (Lipinski definition) is 0. The Morgan fingerprint density at radius 2 is 1.63 bits per heavy atom. The summed E-state index contributed by atoms with van der Waals surface area (Å²) in [6.45, 7) is 1.36. The summed E-state index contributed by atoms with van der Waals surface area (Å²) >= 11 is 0. The summed E-state index contributed by atoms with van der Waals surface area (Å²) in [6, 6.07) is 11.4. The molecule has 10 heteroatoms. The van der Waals surface area contributed by atoms with E-state index in [0.717, 1.165) is 17.9 Å². The molecule has 0 N–H and O–H groups in total. The molecule has 0 bridgehead atoms. The standard InChI is InChI=1S/C20H19F3N4O2S/c1-30(28,29)27-11-9-26(10-12-27)19-15-7-8-17(20(21,22)23)25-18(15)16(13-24-19)14-5-3-2-4-6-14/h2-8,13H,9-12H2,1H3. The molecule has 0 unspecified atom stereocenters. The van der Waals surface area contributed by atoms with E-state index < -0.39 is 21.9 Å². The van der Waals surface area contributed by atoms with Gasteiger partial charge in [0.15, 0.2) is 0 Å². The van der Waals surface area contributed by atoms with Crippen LogP contribution >= 0.6 is 0 Å². The van der Waals surface area contributed by atoms with Gasteiger partial charge in [0.1, 0.15) is 11.5 Å². The number of hydrogen-bond acceptors (Lipinski definition) is 5. The van der Waals surface area contributed by atoms with Crippen molar-refractivity contribution in [3.8, 4) is 11.1 Å². The SMILES string of the molecule is CS(=O)(=O)N1CCN(c2ncc(-c3ccccc3)c3nc(C(F)(F)F)ccc23)CC1. The maximum absolute atomic E-state index is 13.3. The van der Waals surface area contributed by atoms with Crippen LogP contribution in [0.5, 0.6) is 0 Å². The number of pyridine rings is 2. The maximum Gasteiger partial charge on any atom is 0.433 e. The number of fused-ring (bicyclic) bond motifs is 1. The van der Waals surface area contributed by atoms with E-state index in [1.165, 1.54) is 16.6 Å². The Morgan fingerprint density at radius 1 is 0.967 bits per heavy atom. The first-order valence-corrected chi connectivity index (χ1v) is 11.1. The zero-order valence-corrected chi connectivity index (χ0v) is 16.9. The molecule has 2 aromatic heterocycles. The van der Waals surface area contributed by atoms with E-state index in [9.17, 15) is 21.6 Å². The summed E-state index contributed by atoms with van der Waals surface area (Å²) in [4.78, 5) is 10.3. The Labute approximate surface area is 172 Å². The summed E-state index contributed by atoms with van der Waals surface area (Å²) < 4.78 is 64.8. The first-order valence-electron chi connectivity index (χ1n) is 9.27. The molecule has 0 aliphatic carbocycles. The molecule has 0 atom stereocenters. The fourth-order valence-corrected chi connectivity index (χ4v) is 4.40. The van der Waals surface area contributed by atoms with Crippen molar-refractivity contribution in [2.24, 2.45) is 0 Å². The Hall–Kier alpha value is -2.72. The van der Waals surface area contributed by atoms with Gasteiger partial charge >= 0.3 is 6.18 Å². The van der Waals surface area contributed by atoms with Gasteiger partial charge in [-0.25, -0.2) is 18.4 Å². The molecule has 1 aliphatic heterocycles. The summed E-state index contributed by atoms with van der Waals surface area (Å²) in [5.74, 6) is 0.499. The molecule has 1 saturated heterocycles. The second-order valence-corrected chi connectivity index (χ2v) is 9.08. The molecule has 1 aromatic carbocycles. The molecule has 0 spiro atoms. The largest absolute Gasteiger partial charge is 0.433 e. The lowest BCUT2D eigenvalue weighted by molar-refractivity contribution is -0.140. The van der Waals surface area contributed by atoms with E-state index in [4.69, 9.17) is 0 Å². The first kappa shape index (κ1) is 20.5. The molecule has 0 saturated carbocycles. The lowest BCUT2D eigenvalue weighted by Gasteiger charge is -2.34. The number of benzene rings is 1. The van der Waals surface area contributed by atoms with E-state index in [-0.39, 0.29) is 18.6 Å². The van der Waals surface area contributed by atoms with Crippen molar-refractivity contribution in [2.75, 3.05) is 37.3 Å². The Bertz CT molecular complexity index is 1180. The predicted molar refractivity (Wildman–Crippen MR) is 109 cm³/mol. The molecule has 158 valence electrons. The molecule has 6 nitrogen and oxygen atoms in total. The normalized spacial score (nSPS) is 16.2. The average molecular weight is 436 g/mol. The molecule has 4 rings (SSSR count). The second-order valence-electron chi connectivity index (χ2n) is 7.10. The maximum atomic E-state index is 13.3. The lowest BCUT2D eigenvalue weighted by atomic mass is 10.0. The molecule has 1 fully saturated rings. The zero-order valence-electron chi connectivity index (χ0n) is 16.1. The van der Waals surface area contributed by atoms with E-state index in [2.05, 4.69) is 9.97 Å². The van der Waals surface area contributed by atoms with Gasteiger partial charge in [0, 0.05) is 43.3 Å². The third-order valence-electron chi connectivity index (χ3n) is 5.09. The Morgan fingerprint density at radius 3 is 2.23 bits per heavy atom. The number of anilines is 1. The van der Waals surface area contributed by atoms with Crippen LogP contribution in [0.4, 0.5) is 19.0 Å². The highest BCUT2D eigenvalue weighted by Gasteiger charge is 2.33. The molecule has 30 heavy (non-hydrogen) atoms. The van der Waals surface area contributed by atoms with Crippen LogP contribution in [0.3, 0.4) is 0 Å². The highest BCUT2D eigenvalue weighted by Crippen LogP contribution is 2.36. The molecule has 0 radical (unpaired) electrons. The zero-order chi connectivity index (χ0) is 21.5. The molecule has 1 aliphatic rings. The van der Waals surface area contributed by atoms with Crippen LogP contribution in [-0.4, -0.2) is 55.1 Å². The smallest absolute Gasteiger partial charge is 0.353 e. The number of alkyl halides is 3. The number of piperazine rings is 1. The van der Waals surface area contributed by atoms with Crippen LogP contribution in [0.15, 0.2) is 48.7 Å². The van der Waals surface area contributed by atoms with Crippen molar-refractivity contribution < 1.29 is 21.6 Å². The van der Waals surface area contributed by atoms with Gasteiger partial charge in [-0.05, 0) is 17.7 Å². The third-order valence-corrected chi connectivity index (χ3v) is 6.39. The molecular formula is C20H19F3N4O2S. The minimum atomic E-state index is -4.56. The van der Waals surface area contributed by atoms with Crippen LogP contribution in [0.2, 0.25) is 0 Å². The lowest BCUT2D eigenvalue weighted by Crippen LogP contribution is -2.48. The van der Waals surface area contributed by atoms with Crippen LogP contribution in [0.25, 0.3) is 22.0 Å². The Balaban J connectivity index is 1.81. The second kappa shape index (κ2) is 7.51. The van der Waals surface area contributed by atoms with E-state index >= 15 is 0 Å². The van der Waals surface area contributed by atoms with E-state index in [0.29, 0.717) is 29.9 Å². The first-order chi connectivity index (χ1) is 14.1. The number of sulfonamides is 1. The van der Waals surface area contributed by atoms with Gasteiger partial charge in [-0.1, -0.05) is 30.3 Å². The number of rotatable bonds is 3. The van der Waals surface area contributed by atoms with Crippen LogP contribution in [0.1, 0.15) is 5.69 Å². The van der Waals surface area contributed by atoms with Gasteiger partial charge in [-0.15, -0.1) is 0 Å². The van der Waals surface area contributed by atoms with Crippen LogP contribution in [0, 0.1) is 0 Å². The summed E-state index contributed by atoms with van der Waals surface area (Å²) in [5, 5.41) is 0.497. The fraction of sp³-hybridized carbons (Fsp3) is 0.300. The monoisotopic (exact) mass is 436 g/mol. The minimum Gasteiger partial charge on any atom is -0.353 e. The van der Waals surface area contributed by atoms with Gasteiger partial charge in [0.05, 0.1) is 11.8 Å². The van der Waals surface area contributed by atoms with E-state index in [1.807, 2.05) is 11.0 Å². The van der Waals surface area contributed by atoms with Gasteiger partial charge in [0.25, 0.3) is 0 Å². The van der Waals surface area contributed by atoms with Crippen molar-refractivity contribution in [1.82, 2.24) is 14.3 Å². The van der Waals surface area contributed by atoms with Crippen molar-refractivity contribution >= 4 is 26.7 Å². The van der Waals surface area contributed by atoms with Crippen molar-refractivity contribution in [2.45, 2.75) is 6.18 Å². The van der Waals surface area contributed by atoms with Crippen LogP contribution in [-0.2, 0) is 16.2 Å². The quantitative estimate of drug-likeness (QED) is 0.630. The molecule has 3 heterocycles. The molecule has 3 aromatic rings. The number of halogens is 3. The van der Waals surface area contributed by atoms with Gasteiger partial charge in [0.2, 0.25) is 10.0 Å². The third kappa shape index (κ3) is 3.97. The van der Waals surface area contributed by atoms with Gasteiger partial charge in [-0.2, -0.15) is 17.5 Å². The van der Waals surface area contributed by atoms with E-state index in [1.54, 1.807) is 24.3 Å². The minimum absolute atomic E-state index is 0.214. The highest BCUT2D eigenvalue weighted by atomic mass is 32.2. The van der Waals surface area contributed by atoms with Gasteiger partial charge in [-0.3, -0.25) is 0 Å². The topological polar surface area (TPSA) is 66.4 Å². The number of nitrogens with zero attached hydrogens (tertiary/aromatic N) is 4. The molecular weight excluding hydrogens is 417 g/mol. The summed E-state index contributed by atoms with van der Waals surface area (Å²) in [7, 11) is -3.29. The predicted octanol–water partition coefficient (Wildman–Crippen LogP) is 3.40. The van der Waals surface area contributed by atoms with Gasteiger partial charge < -0.3 is 4.90 Å². The van der Waals surface area contributed by atoms with Crippen LogP contribution < -0.4 is 4.90 Å².